The molecular formula is C19H31N7O6. The lowest BCUT2D eigenvalue weighted by atomic mass is 9.98. The molecule has 0 aliphatic heterocycles. The van der Waals surface area contributed by atoms with Crippen LogP contribution in [0.25, 0.3) is 0 Å². The lowest BCUT2D eigenvalue weighted by Gasteiger charge is -2.24. The number of carboxylic acid groups (broad SMARTS) is 1. The zero-order valence-corrected chi connectivity index (χ0v) is 18.1. The van der Waals surface area contributed by atoms with Crippen LogP contribution in [0.15, 0.2) is 12.5 Å². The van der Waals surface area contributed by atoms with Gasteiger partial charge in [-0.05, 0) is 12.3 Å². The molecule has 4 amide bonds. The van der Waals surface area contributed by atoms with Gasteiger partial charge in [0.25, 0.3) is 0 Å². The smallest absolute Gasteiger partial charge is 0.326 e. The molecule has 0 aromatic carbocycles. The number of carbonyl (C=O) groups is 5. The van der Waals surface area contributed by atoms with Gasteiger partial charge in [-0.15, -0.1) is 0 Å². The van der Waals surface area contributed by atoms with Gasteiger partial charge in [-0.1, -0.05) is 20.3 Å². The molecule has 1 aromatic rings. The minimum Gasteiger partial charge on any atom is -0.480 e. The first-order chi connectivity index (χ1) is 15.0. The molecule has 0 aliphatic carbocycles. The van der Waals surface area contributed by atoms with E-state index in [9.17, 15) is 29.1 Å². The highest BCUT2D eigenvalue weighted by Crippen LogP contribution is 2.09. The van der Waals surface area contributed by atoms with Crippen LogP contribution in [0, 0.1) is 5.92 Å². The number of nitrogens with two attached hydrogens (primary N) is 2. The first kappa shape index (κ1) is 26.6. The van der Waals surface area contributed by atoms with E-state index in [1.807, 2.05) is 0 Å². The van der Waals surface area contributed by atoms with Crippen molar-refractivity contribution in [3.05, 3.63) is 18.2 Å². The molecule has 0 aliphatic rings. The van der Waals surface area contributed by atoms with Gasteiger partial charge in [0.1, 0.15) is 12.1 Å². The lowest BCUT2D eigenvalue weighted by molar-refractivity contribution is -0.144. The molecule has 0 radical (unpaired) electrons. The van der Waals surface area contributed by atoms with Crippen molar-refractivity contribution in [1.82, 2.24) is 25.9 Å². The van der Waals surface area contributed by atoms with Gasteiger partial charge in [0.2, 0.25) is 23.6 Å². The van der Waals surface area contributed by atoms with Crippen LogP contribution in [0.3, 0.4) is 0 Å². The third-order valence-electron chi connectivity index (χ3n) is 4.86. The van der Waals surface area contributed by atoms with Crippen LogP contribution in [0.4, 0.5) is 0 Å². The number of aromatic nitrogens is 2. The molecular weight excluding hydrogens is 422 g/mol. The maximum absolute atomic E-state index is 12.6. The van der Waals surface area contributed by atoms with E-state index < -0.39 is 54.3 Å². The van der Waals surface area contributed by atoms with Gasteiger partial charge < -0.3 is 37.5 Å². The van der Waals surface area contributed by atoms with Crippen molar-refractivity contribution < 1.29 is 29.1 Å². The summed E-state index contributed by atoms with van der Waals surface area (Å²) in [6.45, 7) is 2.97. The average Bonchev–Trinajstić information content (AvgIpc) is 3.24. The number of aromatic amines is 1. The molecule has 32 heavy (non-hydrogen) atoms. The summed E-state index contributed by atoms with van der Waals surface area (Å²) in [6.07, 6.45) is 3.31. The van der Waals surface area contributed by atoms with Gasteiger partial charge in [-0.25, -0.2) is 9.78 Å². The maximum atomic E-state index is 12.6. The second-order valence-corrected chi connectivity index (χ2v) is 7.44. The summed E-state index contributed by atoms with van der Waals surface area (Å²) < 4.78 is 0. The number of aliphatic carboxylic acids is 1. The fourth-order valence-electron chi connectivity index (χ4n) is 2.76. The predicted octanol–water partition coefficient (Wildman–Crippen LogP) is -2.24. The van der Waals surface area contributed by atoms with E-state index in [-0.39, 0.29) is 25.2 Å². The predicted molar refractivity (Wildman–Crippen MR) is 113 cm³/mol. The lowest BCUT2D eigenvalue weighted by Crippen LogP contribution is -2.55. The highest BCUT2D eigenvalue weighted by molar-refractivity contribution is 5.92. The molecule has 1 aromatic heterocycles. The van der Waals surface area contributed by atoms with Crippen LogP contribution in [-0.2, 0) is 30.4 Å². The van der Waals surface area contributed by atoms with Crippen molar-refractivity contribution in [3.63, 3.8) is 0 Å². The van der Waals surface area contributed by atoms with Crippen LogP contribution < -0.4 is 27.4 Å². The molecule has 1 rings (SSSR count). The van der Waals surface area contributed by atoms with Crippen molar-refractivity contribution >= 4 is 29.6 Å². The third-order valence-corrected chi connectivity index (χ3v) is 4.86. The minimum absolute atomic E-state index is 0.132. The number of nitrogens with one attached hydrogen (secondary N) is 4. The summed E-state index contributed by atoms with van der Waals surface area (Å²) in [5, 5.41) is 16.5. The SMILES string of the molecule is CCC(C)C(NC(=O)C(CCC(N)=O)NC(=O)CNC(=O)C(N)Cc1cnc[nH]1)C(=O)O. The monoisotopic (exact) mass is 453 g/mol. The zero-order chi connectivity index (χ0) is 24.3. The van der Waals surface area contributed by atoms with Crippen molar-refractivity contribution in [1.29, 1.82) is 0 Å². The summed E-state index contributed by atoms with van der Waals surface area (Å²) in [4.78, 5) is 66.1. The van der Waals surface area contributed by atoms with Crippen LogP contribution in [-0.4, -0.2) is 69.3 Å². The number of hydrogen-bond donors (Lipinski definition) is 7. The second-order valence-electron chi connectivity index (χ2n) is 7.44. The minimum atomic E-state index is -1.22. The van der Waals surface area contributed by atoms with E-state index in [0.717, 1.165) is 0 Å². The summed E-state index contributed by atoms with van der Waals surface area (Å²) in [5.41, 5.74) is 11.6. The van der Waals surface area contributed by atoms with Gasteiger partial charge in [-0.2, -0.15) is 0 Å². The Bertz CT molecular complexity index is 798. The Labute approximate surface area is 185 Å². The fraction of sp³-hybridized carbons (Fsp3) is 0.579. The van der Waals surface area contributed by atoms with E-state index in [1.165, 1.54) is 12.5 Å². The number of hydrogen-bond acceptors (Lipinski definition) is 7. The van der Waals surface area contributed by atoms with E-state index in [2.05, 4.69) is 25.9 Å². The molecule has 4 atom stereocenters. The highest BCUT2D eigenvalue weighted by Gasteiger charge is 2.29. The van der Waals surface area contributed by atoms with Gasteiger partial charge >= 0.3 is 5.97 Å². The van der Waals surface area contributed by atoms with Crippen molar-refractivity contribution in [2.45, 2.75) is 57.7 Å². The normalized spacial score (nSPS) is 14.5. The Morgan fingerprint density at radius 1 is 1.19 bits per heavy atom. The Balaban J connectivity index is 2.68. The largest absolute Gasteiger partial charge is 0.480 e. The highest BCUT2D eigenvalue weighted by atomic mass is 16.4. The number of carboxylic acids is 1. The summed E-state index contributed by atoms with van der Waals surface area (Å²) in [6, 6.07) is -3.30. The van der Waals surface area contributed by atoms with Gasteiger partial charge in [0.15, 0.2) is 0 Å². The van der Waals surface area contributed by atoms with Crippen LogP contribution in [0.1, 0.15) is 38.8 Å². The molecule has 0 saturated heterocycles. The van der Waals surface area contributed by atoms with Gasteiger partial charge in [0, 0.05) is 24.7 Å². The standard InChI is InChI=1S/C19H31N7O6/c1-3-10(2)16(19(31)32)26-18(30)13(4-5-14(21)27)25-15(28)8-23-17(29)12(20)6-11-7-22-9-24-11/h7,9-10,12-13,16H,3-6,8,20H2,1-2H3,(H2,21,27)(H,22,24)(H,23,29)(H,25,28)(H,26,30)(H,31,32). The van der Waals surface area contributed by atoms with Gasteiger partial charge in [0.05, 0.1) is 18.9 Å². The number of rotatable bonds is 14. The molecule has 4 unspecified atom stereocenters. The fourth-order valence-corrected chi connectivity index (χ4v) is 2.76. The summed E-state index contributed by atoms with van der Waals surface area (Å²) >= 11 is 0. The molecule has 0 saturated carbocycles. The van der Waals surface area contributed by atoms with Crippen LogP contribution in [0.5, 0.6) is 0 Å². The van der Waals surface area contributed by atoms with Crippen molar-refractivity contribution in [2.75, 3.05) is 6.54 Å². The Hall–Kier alpha value is -3.48. The number of H-pyrrole nitrogens is 1. The van der Waals surface area contributed by atoms with E-state index >= 15 is 0 Å². The molecule has 178 valence electrons. The maximum Gasteiger partial charge on any atom is 0.326 e. The topological polar surface area (TPSA) is 222 Å². The molecule has 9 N–H and O–H groups in total. The first-order valence-corrected chi connectivity index (χ1v) is 10.2. The quantitative estimate of drug-likeness (QED) is 0.163. The Morgan fingerprint density at radius 3 is 2.41 bits per heavy atom. The Kier molecular flexibility index (Phi) is 10.8. The van der Waals surface area contributed by atoms with Gasteiger partial charge in [-0.3, -0.25) is 19.2 Å². The van der Waals surface area contributed by atoms with E-state index in [4.69, 9.17) is 11.5 Å². The molecule has 13 heteroatoms. The molecule has 13 nitrogen and oxygen atoms in total. The number of primary amides is 1. The first-order valence-electron chi connectivity index (χ1n) is 10.2. The van der Waals surface area contributed by atoms with Crippen LogP contribution in [0.2, 0.25) is 0 Å². The van der Waals surface area contributed by atoms with Crippen molar-refractivity contribution in [2.24, 2.45) is 17.4 Å². The van der Waals surface area contributed by atoms with E-state index in [0.29, 0.717) is 12.1 Å². The molecule has 0 spiro atoms. The number of nitrogens with zero attached hydrogens (tertiary/aromatic N) is 1. The molecule has 1 heterocycles. The Morgan fingerprint density at radius 2 is 1.88 bits per heavy atom. The van der Waals surface area contributed by atoms with Crippen LogP contribution >= 0.6 is 0 Å². The van der Waals surface area contributed by atoms with Crippen molar-refractivity contribution in [3.8, 4) is 0 Å². The zero-order valence-electron chi connectivity index (χ0n) is 18.1. The van der Waals surface area contributed by atoms with E-state index in [1.54, 1.807) is 13.8 Å². The molecule has 0 bridgehead atoms. The third kappa shape index (κ3) is 9.12. The summed E-state index contributed by atoms with van der Waals surface area (Å²) in [5.74, 6) is -4.34. The second kappa shape index (κ2) is 13.0. The number of imidazole rings is 1. The summed E-state index contributed by atoms with van der Waals surface area (Å²) in [7, 11) is 0. The average molecular weight is 454 g/mol. The number of carbonyl (C=O) groups excluding carboxylic acids is 4. The molecule has 0 fully saturated rings. The number of amides is 4.